The molecule has 1 heterocycles. The summed E-state index contributed by atoms with van der Waals surface area (Å²) in [6.07, 6.45) is 2.56. The Hall–Kier alpha value is -3.38. The lowest BCUT2D eigenvalue weighted by atomic mass is 10.0. The van der Waals surface area contributed by atoms with Gasteiger partial charge in [0.05, 0.1) is 26.1 Å². The number of nitrogens with zero attached hydrogens (tertiary/aromatic N) is 1. The Kier molecular flexibility index (Phi) is 7.58. The number of carbonyl (C=O) groups excluding carboxylic acids is 2. The van der Waals surface area contributed by atoms with Gasteiger partial charge in [0.2, 0.25) is 11.8 Å². The topological polar surface area (TPSA) is 70.7 Å². The molecule has 172 valence electrons. The summed E-state index contributed by atoms with van der Waals surface area (Å²) in [6, 6.07) is 21.9. The van der Waals surface area contributed by atoms with Gasteiger partial charge in [0.15, 0.2) is 0 Å². The minimum atomic E-state index is -0.194. The monoisotopic (exact) mass is 445 g/mol. The molecule has 1 unspecified atom stereocenters. The first-order valence-corrected chi connectivity index (χ1v) is 11.5. The first-order chi connectivity index (χ1) is 16.2. The third-order valence-electron chi connectivity index (χ3n) is 6.25. The lowest BCUT2D eigenvalue weighted by Gasteiger charge is -2.29. The molecule has 1 aliphatic rings. The molecule has 1 fully saturated rings. The van der Waals surface area contributed by atoms with E-state index in [1.807, 2.05) is 60.7 Å². The van der Waals surface area contributed by atoms with Crippen LogP contribution in [0.2, 0.25) is 0 Å². The molecular formula is C27H31N3O3. The first kappa shape index (κ1) is 22.8. The number of ether oxygens (including phenoxy) is 1. The maximum absolute atomic E-state index is 12.5. The number of carbonyl (C=O) groups is 2. The van der Waals surface area contributed by atoms with Gasteiger partial charge in [-0.1, -0.05) is 60.7 Å². The van der Waals surface area contributed by atoms with Crippen LogP contribution in [0.4, 0.5) is 0 Å². The zero-order valence-corrected chi connectivity index (χ0v) is 19.0. The van der Waals surface area contributed by atoms with E-state index in [1.165, 1.54) is 0 Å². The molecule has 1 atom stereocenters. The van der Waals surface area contributed by atoms with E-state index in [4.69, 9.17) is 4.74 Å². The second-order valence-electron chi connectivity index (χ2n) is 8.40. The molecule has 4 rings (SSSR count). The average Bonchev–Trinajstić information content (AvgIpc) is 3.38. The maximum atomic E-state index is 12.5. The maximum Gasteiger partial charge on any atom is 0.239 e. The highest BCUT2D eigenvalue weighted by Crippen LogP contribution is 2.31. The summed E-state index contributed by atoms with van der Waals surface area (Å²) in [6.45, 7) is 2.43. The van der Waals surface area contributed by atoms with Gasteiger partial charge in [-0.3, -0.25) is 14.5 Å². The minimum absolute atomic E-state index is 0.0394. The molecule has 33 heavy (non-hydrogen) atoms. The molecule has 2 amide bonds. The lowest BCUT2D eigenvalue weighted by Crippen LogP contribution is -2.42. The highest BCUT2D eigenvalue weighted by molar-refractivity contribution is 5.91. The Bertz CT molecular complexity index is 1100. The van der Waals surface area contributed by atoms with E-state index in [1.54, 1.807) is 7.11 Å². The summed E-state index contributed by atoms with van der Waals surface area (Å²) in [5.41, 5.74) is 2.03. The van der Waals surface area contributed by atoms with Crippen molar-refractivity contribution in [2.75, 3.05) is 33.3 Å². The molecule has 0 saturated carbocycles. The van der Waals surface area contributed by atoms with E-state index < -0.39 is 0 Å². The number of nitrogens with one attached hydrogen (secondary N) is 2. The van der Waals surface area contributed by atoms with Crippen molar-refractivity contribution in [3.05, 3.63) is 77.9 Å². The molecule has 3 aromatic rings. The van der Waals surface area contributed by atoms with E-state index in [9.17, 15) is 9.59 Å². The summed E-state index contributed by atoms with van der Waals surface area (Å²) in [4.78, 5) is 27.4. The normalized spacial score (nSPS) is 14.7. The average molecular weight is 446 g/mol. The van der Waals surface area contributed by atoms with Crippen LogP contribution < -0.4 is 15.4 Å². The van der Waals surface area contributed by atoms with Gasteiger partial charge < -0.3 is 15.4 Å². The summed E-state index contributed by atoms with van der Waals surface area (Å²) in [7, 11) is 1.67. The number of likely N-dealkylation sites (tertiary alicyclic amines) is 1. The van der Waals surface area contributed by atoms with Crippen molar-refractivity contribution in [2.45, 2.75) is 25.3 Å². The fourth-order valence-electron chi connectivity index (χ4n) is 4.56. The van der Waals surface area contributed by atoms with Gasteiger partial charge in [-0.15, -0.1) is 0 Å². The Balaban J connectivity index is 1.33. The van der Waals surface area contributed by atoms with Crippen molar-refractivity contribution in [2.24, 2.45) is 0 Å². The van der Waals surface area contributed by atoms with E-state index in [-0.39, 0.29) is 30.8 Å². The highest BCUT2D eigenvalue weighted by Gasteiger charge is 2.26. The second kappa shape index (κ2) is 11.0. The van der Waals surface area contributed by atoms with Crippen LogP contribution in [0, 0.1) is 0 Å². The molecule has 0 radical (unpaired) electrons. The molecule has 3 aromatic carbocycles. The van der Waals surface area contributed by atoms with Crippen molar-refractivity contribution >= 4 is 22.6 Å². The Morgan fingerprint density at radius 2 is 1.64 bits per heavy atom. The Labute approximate surface area is 194 Å². The van der Waals surface area contributed by atoms with Crippen LogP contribution in [-0.4, -0.2) is 50.0 Å². The fourth-order valence-corrected chi connectivity index (χ4v) is 4.56. The van der Waals surface area contributed by atoms with Gasteiger partial charge >= 0.3 is 0 Å². The number of hydrogen-bond donors (Lipinski definition) is 2. The number of fused-ring (bicyclic) bond motifs is 1. The third kappa shape index (κ3) is 5.71. The SMILES string of the molecule is COc1ccccc1C(CNC(=O)CNC(=O)Cc1cccc2ccccc12)N1CCCC1. The Morgan fingerprint density at radius 1 is 0.909 bits per heavy atom. The molecule has 0 spiro atoms. The zero-order chi connectivity index (χ0) is 23.0. The predicted octanol–water partition coefficient (Wildman–Crippen LogP) is 3.46. The van der Waals surface area contributed by atoms with Crippen molar-refractivity contribution in [1.82, 2.24) is 15.5 Å². The number of hydrogen-bond acceptors (Lipinski definition) is 4. The van der Waals surface area contributed by atoms with Crippen molar-refractivity contribution < 1.29 is 14.3 Å². The number of methoxy groups -OCH3 is 1. The van der Waals surface area contributed by atoms with E-state index in [0.29, 0.717) is 6.54 Å². The number of rotatable bonds is 9. The largest absolute Gasteiger partial charge is 0.496 e. The van der Waals surface area contributed by atoms with E-state index in [2.05, 4.69) is 21.6 Å². The van der Waals surface area contributed by atoms with Crippen LogP contribution in [0.25, 0.3) is 10.8 Å². The van der Waals surface area contributed by atoms with Gasteiger partial charge in [0.25, 0.3) is 0 Å². The number of amides is 2. The van der Waals surface area contributed by atoms with Crippen LogP contribution in [0.15, 0.2) is 66.7 Å². The van der Waals surface area contributed by atoms with Gasteiger partial charge in [0.1, 0.15) is 5.75 Å². The third-order valence-corrected chi connectivity index (χ3v) is 6.25. The molecule has 2 N–H and O–H groups in total. The van der Waals surface area contributed by atoms with E-state index >= 15 is 0 Å². The lowest BCUT2D eigenvalue weighted by molar-refractivity contribution is -0.125. The van der Waals surface area contributed by atoms with Crippen LogP contribution in [-0.2, 0) is 16.0 Å². The standard InChI is InChI=1S/C27H31N3O3/c1-33-25-14-5-4-13-23(25)24(30-15-6-7-16-30)18-28-27(32)19-29-26(31)17-21-11-8-10-20-9-2-3-12-22(20)21/h2-5,8-14,24H,6-7,15-19H2,1H3,(H,28,32)(H,29,31). The molecule has 6 heteroatoms. The minimum Gasteiger partial charge on any atom is -0.496 e. The molecule has 1 saturated heterocycles. The van der Waals surface area contributed by atoms with Crippen molar-refractivity contribution in [1.29, 1.82) is 0 Å². The van der Waals surface area contributed by atoms with Crippen LogP contribution in [0.1, 0.15) is 30.0 Å². The number of benzene rings is 3. The van der Waals surface area contributed by atoms with Gasteiger partial charge in [0, 0.05) is 12.1 Å². The van der Waals surface area contributed by atoms with E-state index in [0.717, 1.165) is 53.6 Å². The zero-order valence-electron chi connectivity index (χ0n) is 19.0. The molecule has 0 aromatic heterocycles. The molecule has 1 aliphatic heterocycles. The smallest absolute Gasteiger partial charge is 0.239 e. The van der Waals surface area contributed by atoms with Crippen molar-refractivity contribution in [3.63, 3.8) is 0 Å². The van der Waals surface area contributed by atoms with Gasteiger partial charge in [-0.05, 0) is 48.3 Å². The molecule has 0 aliphatic carbocycles. The molecule has 6 nitrogen and oxygen atoms in total. The quantitative estimate of drug-likeness (QED) is 0.529. The van der Waals surface area contributed by atoms with Crippen LogP contribution in [0.3, 0.4) is 0 Å². The highest BCUT2D eigenvalue weighted by atomic mass is 16.5. The van der Waals surface area contributed by atoms with Gasteiger partial charge in [-0.25, -0.2) is 0 Å². The fraction of sp³-hybridized carbons (Fsp3) is 0.333. The van der Waals surface area contributed by atoms with Gasteiger partial charge in [-0.2, -0.15) is 0 Å². The van der Waals surface area contributed by atoms with Crippen LogP contribution >= 0.6 is 0 Å². The Morgan fingerprint density at radius 3 is 2.45 bits per heavy atom. The predicted molar refractivity (Wildman–Crippen MR) is 130 cm³/mol. The summed E-state index contributed by atoms with van der Waals surface area (Å²) >= 11 is 0. The van der Waals surface area contributed by atoms with Crippen LogP contribution in [0.5, 0.6) is 5.75 Å². The second-order valence-corrected chi connectivity index (χ2v) is 8.40. The molecular weight excluding hydrogens is 414 g/mol. The van der Waals surface area contributed by atoms with Crippen molar-refractivity contribution in [3.8, 4) is 5.75 Å². The summed E-state index contributed by atoms with van der Waals surface area (Å²) in [5.74, 6) is 0.467. The number of para-hydroxylation sites is 1. The molecule has 0 bridgehead atoms. The summed E-state index contributed by atoms with van der Waals surface area (Å²) < 4.78 is 5.56. The first-order valence-electron chi connectivity index (χ1n) is 11.5. The summed E-state index contributed by atoms with van der Waals surface area (Å²) in [5, 5.41) is 7.93.